The SMILES string of the molecule is [B]c1ccc(N(Cc2ccc(C(=O)OC)cc2F)S(C)(=O)=O)cc1. The van der Waals surface area contributed by atoms with Gasteiger partial charge < -0.3 is 4.74 Å². The van der Waals surface area contributed by atoms with Crippen molar-refractivity contribution in [2.75, 3.05) is 17.7 Å². The topological polar surface area (TPSA) is 63.7 Å². The number of esters is 1. The number of rotatable bonds is 5. The smallest absolute Gasteiger partial charge is 0.337 e. The summed E-state index contributed by atoms with van der Waals surface area (Å²) in [6.07, 6.45) is 1.03. The van der Waals surface area contributed by atoms with Gasteiger partial charge in [0, 0.05) is 5.56 Å². The summed E-state index contributed by atoms with van der Waals surface area (Å²) in [5.74, 6) is -1.36. The molecule has 0 saturated carbocycles. The van der Waals surface area contributed by atoms with Gasteiger partial charge in [-0.1, -0.05) is 23.7 Å². The van der Waals surface area contributed by atoms with Gasteiger partial charge in [-0.15, -0.1) is 0 Å². The van der Waals surface area contributed by atoms with E-state index in [2.05, 4.69) is 4.74 Å². The number of benzene rings is 2. The largest absolute Gasteiger partial charge is 0.465 e. The van der Waals surface area contributed by atoms with E-state index < -0.39 is 21.8 Å². The number of carbonyl (C=O) groups excluding carboxylic acids is 1. The summed E-state index contributed by atoms with van der Waals surface area (Å²) in [7, 11) is 3.15. The second kappa shape index (κ2) is 7.04. The monoisotopic (exact) mass is 347 g/mol. The molecule has 0 aliphatic rings. The second-order valence-electron chi connectivity index (χ2n) is 5.16. The zero-order valence-corrected chi connectivity index (χ0v) is 14.0. The number of ether oxygens (including phenoxy) is 1. The minimum atomic E-state index is -3.64. The van der Waals surface area contributed by atoms with E-state index in [9.17, 15) is 17.6 Å². The maximum atomic E-state index is 14.2. The van der Waals surface area contributed by atoms with Gasteiger partial charge in [-0.05, 0) is 24.3 Å². The maximum Gasteiger partial charge on any atom is 0.337 e. The number of hydrogen-bond acceptors (Lipinski definition) is 4. The van der Waals surface area contributed by atoms with E-state index in [1.165, 1.54) is 31.4 Å². The van der Waals surface area contributed by atoms with Crippen LogP contribution in [0, 0.1) is 5.82 Å². The number of carbonyl (C=O) groups is 1. The molecule has 0 unspecified atom stereocenters. The van der Waals surface area contributed by atoms with Crippen LogP contribution in [0.2, 0.25) is 0 Å². The molecule has 0 spiro atoms. The molecule has 24 heavy (non-hydrogen) atoms. The molecule has 2 rings (SSSR count). The third-order valence-electron chi connectivity index (χ3n) is 3.37. The highest BCUT2D eigenvalue weighted by Crippen LogP contribution is 2.21. The fourth-order valence-corrected chi connectivity index (χ4v) is 2.99. The molecule has 2 aromatic carbocycles. The summed E-state index contributed by atoms with van der Waals surface area (Å²) in [6.45, 7) is -0.212. The number of anilines is 1. The summed E-state index contributed by atoms with van der Waals surface area (Å²) in [5.41, 5.74) is 1.03. The summed E-state index contributed by atoms with van der Waals surface area (Å²) in [4.78, 5) is 11.4. The molecular weight excluding hydrogens is 332 g/mol. The van der Waals surface area contributed by atoms with E-state index in [4.69, 9.17) is 7.85 Å². The predicted octanol–water partition coefficient (Wildman–Crippen LogP) is 1.37. The van der Waals surface area contributed by atoms with Crippen molar-refractivity contribution in [3.05, 3.63) is 59.4 Å². The van der Waals surface area contributed by atoms with E-state index in [0.29, 0.717) is 11.2 Å². The Kier molecular flexibility index (Phi) is 5.28. The number of methoxy groups -OCH3 is 1. The third kappa shape index (κ3) is 4.14. The lowest BCUT2D eigenvalue weighted by Crippen LogP contribution is -2.30. The Balaban J connectivity index is 2.37. The quantitative estimate of drug-likeness (QED) is 0.606. The fraction of sp³-hybridized carbons (Fsp3) is 0.188. The lowest BCUT2D eigenvalue weighted by molar-refractivity contribution is 0.0600. The zero-order valence-electron chi connectivity index (χ0n) is 13.2. The molecule has 0 amide bonds. The highest BCUT2D eigenvalue weighted by atomic mass is 32.2. The van der Waals surface area contributed by atoms with Gasteiger partial charge in [-0.3, -0.25) is 4.31 Å². The molecule has 0 N–H and O–H groups in total. The van der Waals surface area contributed by atoms with Crippen molar-refractivity contribution in [3.63, 3.8) is 0 Å². The van der Waals surface area contributed by atoms with E-state index in [1.54, 1.807) is 12.1 Å². The van der Waals surface area contributed by atoms with Gasteiger partial charge in [-0.2, -0.15) is 0 Å². The average molecular weight is 347 g/mol. The molecule has 0 bridgehead atoms. The van der Waals surface area contributed by atoms with Crippen LogP contribution in [0.1, 0.15) is 15.9 Å². The number of halogens is 1. The van der Waals surface area contributed by atoms with E-state index in [0.717, 1.165) is 16.6 Å². The first-order valence-electron chi connectivity index (χ1n) is 6.92. The van der Waals surface area contributed by atoms with Crippen LogP contribution in [-0.2, 0) is 21.3 Å². The molecule has 5 nitrogen and oxygen atoms in total. The molecule has 0 heterocycles. The first kappa shape index (κ1) is 18.0. The Hall–Kier alpha value is -2.35. The maximum absolute atomic E-state index is 14.2. The minimum absolute atomic E-state index is 0.0529. The van der Waals surface area contributed by atoms with Crippen molar-refractivity contribution < 1.29 is 22.3 Å². The lowest BCUT2D eigenvalue weighted by Gasteiger charge is -2.23. The number of sulfonamides is 1. The molecule has 0 fully saturated rings. The molecule has 0 saturated heterocycles. The molecule has 0 aliphatic carbocycles. The van der Waals surface area contributed by atoms with Crippen LogP contribution in [0.15, 0.2) is 42.5 Å². The van der Waals surface area contributed by atoms with Crippen LogP contribution in [0.5, 0.6) is 0 Å². The van der Waals surface area contributed by atoms with Crippen LogP contribution in [0.3, 0.4) is 0 Å². The van der Waals surface area contributed by atoms with Crippen LogP contribution < -0.4 is 9.77 Å². The molecule has 0 aromatic heterocycles. The van der Waals surface area contributed by atoms with Crippen LogP contribution >= 0.6 is 0 Å². The predicted molar refractivity (Wildman–Crippen MR) is 90.6 cm³/mol. The summed E-state index contributed by atoms with van der Waals surface area (Å²) >= 11 is 0. The molecule has 124 valence electrons. The van der Waals surface area contributed by atoms with Crippen molar-refractivity contribution >= 4 is 35.0 Å². The van der Waals surface area contributed by atoms with Gasteiger partial charge in [-0.25, -0.2) is 17.6 Å². The highest BCUT2D eigenvalue weighted by molar-refractivity contribution is 7.92. The lowest BCUT2D eigenvalue weighted by atomic mass is 9.96. The van der Waals surface area contributed by atoms with Crippen molar-refractivity contribution in [2.45, 2.75) is 6.54 Å². The van der Waals surface area contributed by atoms with Gasteiger partial charge in [0.2, 0.25) is 10.0 Å². The Morgan fingerprint density at radius 1 is 1.21 bits per heavy atom. The van der Waals surface area contributed by atoms with Crippen molar-refractivity contribution in [1.82, 2.24) is 0 Å². The normalized spacial score (nSPS) is 11.1. The van der Waals surface area contributed by atoms with Gasteiger partial charge in [0.25, 0.3) is 0 Å². The molecule has 2 aromatic rings. The minimum Gasteiger partial charge on any atom is -0.465 e. The Morgan fingerprint density at radius 3 is 2.33 bits per heavy atom. The van der Waals surface area contributed by atoms with Gasteiger partial charge in [0.1, 0.15) is 13.7 Å². The Labute approximate surface area is 141 Å². The molecule has 0 atom stereocenters. The Bertz CT molecular complexity index is 853. The van der Waals surface area contributed by atoms with Crippen LogP contribution in [0.25, 0.3) is 0 Å². The number of nitrogens with zero attached hydrogens (tertiary/aromatic N) is 1. The molecule has 2 radical (unpaired) electrons. The van der Waals surface area contributed by atoms with E-state index in [-0.39, 0.29) is 17.7 Å². The van der Waals surface area contributed by atoms with Crippen molar-refractivity contribution in [1.29, 1.82) is 0 Å². The van der Waals surface area contributed by atoms with Gasteiger partial charge >= 0.3 is 5.97 Å². The van der Waals surface area contributed by atoms with Crippen LogP contribution in [0.4, 0.5) is 10.1 Å². The first-order chi connectivity index (χ1) is 11.2. The molecule has 8 heteroatoms. The van der Waals surface area contributed by atoms with Crippen molar-refractivity contribution in [2.24, 2.45) is 0 Å². The molecular formula is C16H15BFNO4S. The van der Waals surface area contributed by atoms with Crippen molar-refractivity contribution in [3.8, 4) is 0 Å². The van der Waals surface area contributed by atoms with Crippen LogP contribution in [-0.4, -0.2) is 35.6 Å². The highest BCUT2D eigenvalue weighted by Gasteiger charge is 2.20. The number of hydrogen-bond donors (Lipinski definition) is 0. The standard InChI is InChI=1S/C16H15BFNO4S/c1-23-16(20)11-3-4-12(15(18)9-11)10-19(24(2,21)22)14-7-5-13(17)6-8-14/h3-9H,10H2,1-2H3. The second-order valence-corrected chi connectivity index (χ2v) is 7.07. The third-order valence-corrected chi connectivity index (χ3v) is 4.51. The van der Waals surface area contributed by atoms with Gasteiger partial charge in [0.05, 0.1) is 31.2 Å². The van der Waals surface area contributed by atoms with E-state index in [1.807, 2.05) is 0 Å². The van der Waals surface area contributed by atoms with Gasteiger partial charge in [0.15, 0.2) is 0 Å². The zero-order chi connectivity index (χ0) is 17.9. The summed E-state index contributed by atoms with van der Waals surface area (Å²) < 4.78 is 43.9. The summed E-state index contributed by atoms with van der Waals surface area (Å²) in [6, 6.07) is 9.96. The first-order valence-corrected chi connectivity index (χ1v) is 8.77. The average Bonchev–Trinajstić information content (AvgIpc) is 2.53. The molecule has 0 aliphatic heterocycles. The fourth-order valence-electron chi connectivity index (χ4n) is 2.12. The Morgan fingerprint density at radius 2 is 1.83 bits per heavy atom. The van der Waals surface area contributed by atoms with E-state index >= 15 is 0 Å². The summed E-state index contributed by atoms with van der Waals surface area (Å²) in [5, 5.41) is 0.